The van der Waals surface area contributed by atoms with Crippen molar-refractivity contribution < 1.29 is 14.3 Å². The number of carboxylic acids is 1. The summed E-state index contributed by atoms with van der Waals surface area (Å²) in [5, 5.41) is 8.97. The van der Waals surface area contributed by atoms with Gasteiger partial charge in [0.25, 0.3) is 0 Å². The average Bonchev–Trinajstić information content (AvgIpc) is 2.30. The molecule has 1 atom stereocenters. The van der Waals surface area contributed by atoms with Crippen molar-refractivity contribution in [3.8, 4) is 0 Å². The molecule has 1 unspecified atom stereocenters. The Balaban J connectivity index is 2.96. The Labute approximate surface area is 101 Å². The van der Waals surface area contributed by atoms with Gasteiger partial charge in [-0.15, -0.1) is 0 Å². The zero-order valence-electron chi connectivity index (χ0n) is 10.3. The minimum Gasteiger partial charge on any atom is -0.481 e. The molecule has 0 bridgehead atoms. The van der Waals surface area contributed by atoms with Crippen LogP contribution in [0.1, 0.15) is 44.6 Å². The lowest BCUT2D eigenvalue weighted by atomic mass is 9.80. The molecule has 1 aromatic carbocycles. The van der Waals surface area contributed by atoms with Crippen LogP contribution in [0.3, 0.4) is 0 Å². The molecule has 0 amide bonds. The van der Waals surface area contributed by atoms with Gasteiger partial charge in [0.05, 0.1) is 6.42 Å². The number of hydrogen-bond donors (Lipinski definition) is 1. The molecule has 0 saturated carbocycles. The van der Waals surface area contributed by atoms with Crippen LogP contribution in [0.25, 0.3) is 0 Å². The molecule has 0 spiro atoms. The first-order chi connectivity index (χ1) is 8.08. The van der Waals surface area contributed by atoms with Gasteiger partial charge in [-0.2, -0.15) is 0 Å². The van der Waals surface area contributed by atoms with Crippen molar-refractivity contribution in [3.05, 3.63) is 35.6 Å². The van der Waals surface area contributed by atoms with Crippen molar-refractivity contribution in [3.63, 3.8) is 0 Å². The van der Waals surface area contributed by atoms with E-state index in [-0.39, 0.29) is 18.2 Å². The molecule has 0 heterocycles. The molecule has 17 heavy (non-hydrogen) atoms. The zero-order chi connectivity index (χ0) is 12.8. The van der Waals surface area contributed by atoms with E-state index < -0.39 is 5.97 Å². The first-order valence-corrected chi connectivity index (χ1v) is 6.05. The number of carbonyl (C=O) groups is 1. The topological polar surface area (TPSA) is 37.3 Å². The van der Waals surface area contributed by atoms with Crippen molar-refractivity contribution in [2.45, 2.75) is 39.0 Å². The quantitative estimate of drug-likeness (QED) is 0.818. The Hall–Kier alpha value is -1.38. The first-order valence-electron chi connectivity index (χ1n) is 6.05. The molecule has 94 valence electrons. The second-order valence-corrected chi connectivity index (χ2v) is 4.33. The van der Waals surface area contributed by atoms with Gasteiger partial charge in [0, 0.05) is 0 Å². The molecule has 0 aromatic heterocycles. The van der Waals surface area contributed by atoms with E-state index in [1.165, 1.54) is 12.1 Å². The number of benzene rings is 1. The van der Waals surface area contributed by atoms with Crippen molar-refractivity contribution in [1.29, 1.82) is 0 Å². The highest BCUT2D eigenvalue weighted by molar-refractivity contribution is 5.68. The lowest BCUT2D eigenvalue weighted by molar-refractivity contribution is -0.137. The summed E-state index contributed by atoms with van der Waals surface area (Å²) >= 11 is 0. The second kappa shape index (κ2) is 6.38. The van der Waals surface area contributed by atoms with Gasteiger partial charge >= 0.3 is 5.97 Å². The Morgan fingerprint density at radius 3 is 2.18 bits per heavy atom. The molecule has 1 rings (SSSR count). The van der Waals surface area contributed by atoms with Crippen LogP contribution in [0.5, 0.6) is 0 Å². The molecule has 0 saturated heterocycles. The van der Waals surface area contributed by atoms with Crippen molar-refractivity contribution in [2.24, 2.45) is 5.92 Å². The predicted octanol–water partition coefficient (Wildman–Crippen LogP) is 3.82. The maximum atomic E-state index is 12.9. The first kappa shape index (κ1) is 13.7. The van der Waals surface area contributed by atoms with Crippen LogP contribution in [0.4, 0.5) is 4.39 Å². The summed E-state index contributed by atoms with van der Waals surface area (Å²) in [4.78, 5) is 10.9. The van der Waals surface area contributed by atoms with Crippen molar-refractivity contribution in [2.75, 3.05) is 0 Å². The van der Waals surface area contributed by atoms with Gasteiger partial charge in [-0.1, -0.05) is 38.8 Å². The minimum absolute atomic E-state index is 0.0249. The van der Waals surface area contributed by atoms with Gasteiger partial charge in [0.15, 0.2) is 0 Å². The number of rotatable bonds is 6. The largest absolute Gasteiger partial charge is 0.481 e. The molecule has 0 radical (unpaired) electrons. The second-order valence-electron chi connectivity index (χ2n) is 4.33. The van der Waals surface area contributed by atoms with Crippen LogP contribution < -0.4 is 0 Å². The summed E-state index contributed by atoms with van der Waals surface area (Å²) in [6.07, 6.45) is 1.98. The van der Waals surface area contributed by atoms with Crippen LogP contribution in [0, 0.1) is 11.7 Å². The summed E-state index contributed by atoms with van der Waals surface area (Å²) in [6, 6.07) is 6.18. The van der Waals surface area contributed by atoms with Crippen LogP contribution in [0.15, 0.2) is 24.3 Å². The zero-order valence-corrected chi connectivity index (χ0v) is 10.3. The summed E-state index contributed by atoms with van der Waals surface area (Å²) < 4.78 is 12.9. The monoisotopic (exact) mass is 238 g/mol. The van der Waals surface area contributed by atoms with Gasteiger partial charge in [0.2, 0.25) is 0 Å². The summed E-state index contributed by atoms with van der Waals surface area (Å²) in [5.41, 5.74) is 0.919. The number of aliphatic carboxylic acids is 1. The molecule has 2 nitrogen and oxygen atoms in total. The molecular weight excluding hydrogens is 219 g/mol. The Morgan fingerprint density at radius 1 is 1.24 bits per heavy atom. The van der Waals surface area contributed by atoms with E-state index >= 15 is 0 Å². The third-order valence-corrected chi connectivity index (χ3v) is 3.31. The van der Waals surface area contributed by atoms with Gasteiger partial charge in [-0.25, -0.2) is 4.39 Å². The highest BCUT2D eigenvalue weighted by Crippen LogP contribution is 2.32. The Morgan fingerprint density at radius 2 is 1.76 bits per heavy atom. The molecular formula is C14H19FO2. The maximum absolute atomic E-state index is 12.9. The lowest BCUT2D eigenvalue weighted by Gasteiger charge is -2.24. The lowest BCUT2D eigenvalue weighted by Crippen LogP contribution is -2.15. The standard InChI is InChI=1S/C14H19FO2/c1-3-10(4-2)13(9-14(16)17)11-5-7-12(15)8-6-11/h5-8,10,13H,3-4,9H2,1-2H3,(H,16,17). The summed E-state index contributed by atoms with van der Waals surface area (Å²) in [7, 11) is 0. The molecule has 0 aliphatic carbocycles. The smallest absolute Gasteiger partial charge is 0.303 e. The van der Waals surface area contributed by atoms with E-state index in [1.807, 2.05) is 0 Å². The normalized spacial score (nSPS) is 12.7. The van der Waals surface area contributed by atoms with Gasteiger partial charge in [0.1, 0.15) is 5.82 Å². The third-order valence-electron chi connectivity index (χ3n) is 3.31. The molecule has 0 aliphatic rings. The van der Waals surface area contributed by atoms with E-state index in [1.54, 1.807) is 12.1 Å². The van der Waals surface area contributed by atoms with E-state index in [9.17, 15) is 9.18 Å². The number of carboxylic acid groups (broad SMARTS) is 1. The molecule has 0 fully saturated rings. The van der Waals surface area contributed by atoms with Crippen LogP contribution in [-0.2, 0) is 4.79 Å². The molecule has 1 N–H and O–H groups in total. The van der Waals surface area contributed by atoms with Crippen molar-refractivity contribution >= 4 is 5.97 Å². The number of hydrogen-bond acceptors (Lipinski definition) is 1. The average molecular weight is 238 g/mol. The van der Waals surface area contributed by atoms with E-state index in [2.05, 4.69) is 13.8 Å². The van der Waals surface area contributed by atoms with Crippen LogP contribution >= 0.6 is 0 Å². The van der Waals surface area contributed by atoms with Crippen LogP contribution in [-0.4, -0.2) is 11.1 Å². The van der Waals surface area contributed by atoms with Gasteiger partial charge in [-0.05, 0) is 29.5 Å². The maximum Gasteiger partial charge on any atom is 0.303 e. The molecule has 1 aromatic rings. The van der Waals surface area contributed by atoms with Crippen LogP contribution in [0.2, 0.25) is 0 Å². The predicted molar refractivity (Wildman–Crippen MR) is 65.5 cm³/mol. The number of halogens is 1. The van der Waals surface area contributed by atoms with Crippen molar-refractivity contribution in [1.82, 2.24) is 0 Å². The van der Waals surface area contributed by atoms with Gasteiger partial charge in [-0.3, -0.25) is 4.79 Å². The van der Waals surface area contributed by atoms with E-state index in [4.69, 9.17) is 5.11 Å². The fraction of sp³-hybridized carbons (Fsp3) is 0.500. The fourth-order valence-corrected chi connectivity index (χ4v) is 2.31. The Kier molecular flexibility index (Phi) is 5.13. The highest BCUT2D eigenvalue weighted by atomic mass is 19.1. The SMILES string of the molecule is CCC(CC)C(CC(=O)O)c1ccc(F)cc1. The molecule has 0 aliphatic heterocycles. The summed E-state index contributed by atoms with van der Waals surface area (Å²) in [5.74, 6) is -0.779. The fourth-order valence-electron chi connectivity index (χ4n) is 2.31. The van der Waals surface area contributed by atoms with Gasteiger partial charge < -0.3 is 5.11 Å². The minimum atomic E-state index is -0.800. The Bertz CT molecular complexity index is 355. The third kappa shape index (κ3) is 3.84. The summed E-state index contributed by atoms with van der Waals surface area (Å²) in [6.45, 7) is 4.12. The highest BCUT2D eigenvalue weighted by Gasteiger charge is 2.23. The van der Waals surface area contributed by atoms with E-state index in [0.717, 1.165) is 18.4 Å². The molecule has 3 heteroatoms. The van der Waals surface area contributed by atoms with E-state index in [0.29, 0.717) is 5.92 Å².